The predicted octanol–water partition coefficient (Wildman–Crippen LogP) is 12.6. The second-order valence-electron chi connectivity index (χ2n) is 15.4. The first-order valence-corrected chi connectivity index (χ1v) is 20.2. The fraction of sp³-hybridized carbons (Fsp3) is 0.192. The quantitative estimate of drug-likeness (QED) is 0.148. The Morgan fingerprint density at radius 1 is 0.875 bits per heavy atom. The smallest absolute Gasteiger partial charge is 0.135 e. The van der Waals surface area contributed by atoms with Crippen molar-refractivity contribution in [3.63, 3.8) is 0 Å². The molecule has 0 radical (unpaired) electrons. The molecule has 3 N–H and O–H groups in total. The number of nitrogens with one attached hydrogen (secondary N) is 1. The van der Waals surface area contributed by atoms with Crippen molar-refractivity contribution in [1.29, 1.82) is 0 Å². The molecule has 9 rings (SSSR count). The molecular weight excluding hydrogens is 683 g/mol. The zero-order valence-corrected chi connectivity index (χ0v) is 32.0. The number of hydrogen-bond donors (Lipinski definition) is 2. The van der Waals surface area contributed by atoms with E-state index in [-0.39, 0.29) is 6.04 Å². The van der Waals surface area contributed by atoms with Crippen LogP contribution in [0, 0.1) is 5.92 Å². The number of nitrogens with two attached hydrogens (primary N) is 1. The van der Waals surface area contributed by atoms with Crippen LogP contribution in [0.3, 0.4) is 0 Å². The van der Waals surface area contributed by atoms with E-state index in [0.717, 1.165) is 96.6 Å². The molecule has 2 unspecified atom stereocenters. The van der Waals surface area contributed by atoms with Crippen LogP contribution >= 0.6 is 0 Å². The summed E-state index contributed by atoms with van der Waals surface area (Å²) in [6.45, 7) is 5.40. The number of allylic oxidation sites excluding steroid dienone is 8. The lowest BCUT2D eigenvalue weighted by Gasteiger charge is -2.29. The molecule has 4 heteroatoms. The van der Waals surface area contributed by atoms with Gasteiger partial charge in [0.1, 0.15) is 11.3 Å². The lowest BCUT2D eigenvalue weighted by Crippen LogP contribution is -2.24. The minimum atomic E-state index is -0.159. The first-order chi connectivity index (χ1) is 27.6. The van der Waals surface area contributed by atoms with E-state index in [1.54, 1.807) is 0 Å². The highest BCUT2D eigenvalue weighted by atomic mass is 16.3. The molecule has 2 atom stereocenters. The van der Waals surface area contributed by atoms with Crippen molar-refractivity contribution < 1.29 is 4.42 Å². The van der Waals surface area contributed by atoms with Crippen molar-refractivity contribution in [3.05, 3.63) is 198 Å². The molecule has 4 nitrogen and oxygen atoms in total. The summed E-state index contributed by atoms with van der Waals surface area (Å²) in [6, 6.07) is 34.5. The van der Waals surface area contributed by atoms with Crippen molar-refractivity contribution in [3.8, 4) is 11.1 Å². The Balaban J connectivity index is 0.996. The monoisotopic (exact) mass is 731 g/mol. The normalized spacial score (nSPS) is 20.2. The Morgan fingerprint density at radius 3 is 2.62 bits per heavy atom. The van der Waals surface area contributed by atoms with Gasteiger partial charge in [0.05, 0.1) is 11.7 Å². The molecule has 0 fully saturated rings. The Kier molecular flexibility index (Phi) is 10.1. The van der Waals surface area contributed by atoms with Gasteiger partial charge in [0.15, 0.2) is 0 Å². The number of rotatable bonds is 9. The van der Waals surface area contributed by atoms with Gasteiger partial charge in [-0.15, -0.1) is 0 Å². The van der Waals surface area contributed by atoms with Crippen molar-refractivity contribution in [2.24, 2.45) is 11.7 Å². The molecular formula is C52H49N3O. The molecule has 0 amide bonds. The van der Waals surface area contributed by atoms with Gasteiger partial charge >= 0.3 is 0 Å². The minimum absolute atomic E-state index is 0.159. The van der Waals surface area contributed by atoms with Crippen LogP contribution in [-0.2, 0) is 6.42 Å². The molecule has 5 aromatic rings. The summed E-state index contributed by atoms with van der Waals surface area (Å²) in [4.78, 5) is 2.33. The average Bonchev–Trinajstić information content (AvgIpc) is 3.63. The molecule has 0 saturated carbocycles. The maximum absolute atomic E-state index is 6.74. The molecule has 2 heterocycles. The molecule has 1 aromatic heterocycles. The van der Waals surface area contributed by atoms with Crippen molar-refractivity contribution in [2.45, 2.75) is 51.0 Å². The summed E-state index contributed by atoms with van der Waals surface area (Å²) in [7, 11) is 0. The van der Waals surface area contributed by atoms with Gasteiger partial charge in [0.25, 0.3) is 0 Å². The predicted molar refractivity (Wildman–Crippen MR) is 236 cm³/mol. The maximum Gasteiger partial charge on any atom is 0.135 e. The van der Waals surface area contributed by atoms with Crippen LogP contribution in [0.5, 0.6) is 0 Å². The van der Waals surface area contributed by atoms with Gasteiger partial charge in [-0.05, 0) is 127 Å². The zero-order chi connectivity index (χ0) is 37.8. The van der Waals surface area contributed by atoms with E-state index in [1.165, 1.54) is 38.8 Å². The third-order valence-electron chi connectivity index (χ3n) is 11.6. The number of fused-ring (bicyclic) bond motifs is 4. The van der Waals surface area contributed by atoms with Gasteiger partial charge in [0, 0.05) is 46.6 Å². The van der Waals surface area contributed by atoms with Crippen LogP contribution in [0.2, 0.25) is 0 Å². The molecule has 0 spiro atoms. The van der Waals surface area contributed by atoms with E-state index in [9.17, 15) is 0 Å². The van der Waals surface area contributed by atoms with E-state index in [2.05, 4.69) is 175 Å². The van der Waals surface area contributed by atoms with Gasteiger partial charge in [0.2, 0.25) is 0 Å². The van der Waals surface area contributed by atoms with Crippen LogP contribution in [0.1, 0.15) is 61.0 Å². The number of furan rings is 1. The number of nitrogens with zero attached hydrogens (tertiary/aromatic N) is 1. The summed E-state index contributed by atoms with van der Waals surface area (Å²) < 4.78 is 6.18. The van der Waals surface area contributed by atoms with E-state index in [1.807, 2.05) is 0 Å². The number of benzene rings is 4. The highest BCUT2D eigenvalue weighted by molar-refractivity contribution is 5.91. The lowest BCUT2D eigenvalue weighted by molar-refractivity contribution is 0.585. The Hall–Kier alpha value is -6.10. The summed E-state index contributed by atoms with van der Waals surface area (Å²) in [5.74, 6) is 1.29. The largest absolute Gasteiger partial charge is 0.456 e. The first kappa shape index (κ1) is 35.6. The highest BCUT2D eigenvalue weighted by Gasteiger charge is 2.22. The van der Waals surface area contributed by atoms with E-state index in [4.69, 9.17) is 10.2 Å². The minimum Gasteiger partial charge on any atom is -0.456 e. The van der Waals surface area contributed by atoms with Crippen LogP contribution in [0.25, 0.3) is 39.4 Å². The molecule has 4 aromatic carbocycles. The van der Waals surface area contributed by atoms with Crippen molar-refractivity contribution in [2.75, 3.05) is 11.4 Å². The van der Waals surface area contributed by atoms with Gasteiger partial charge in [-0.25, -0.2) is 0 Å². The number of anilines is 2. The third kappa shape index (κ3) is 7.45. The highest BCUT2D eigenvalue weighted by Crippen LogP contribution is 2.40. The number of hydrogen-bond acceptors (Lipinski definition) is 4. The molecule has 0 bridgehead atoms. The molecule has 4 aliphatic rings. The molecule has 278 valence electrons. The Bertz CT molecular complexity index is 2500. The molecule has 0 saturated heterocycles. The fourth-order valence-electron chi connectivity index (χ4n) is 8.62. The SMILES string of the molecule is C=C1/C=C(C2C=C(CN/C(=C\C(N)C3=CCCC=C3)c3ccccc3)CCC2)\C=C/N(c2cccc(-c3ccc4oc5c(c4c3)CCC=C5)c2)c2ccccc21. The average molecular weight is 732 g/mol. The van der Waals surface area contributed by atoms with Gasteiger partial charge in [-0.3, -0.25) is 0 Å². The van der Waals surface area contributed by atoms with Crippen LogP contribution in [0.4, 0.5) is 11.4 Å². The number of aryl methyl sites for hydroxylation is 1. The molecule has 1 aliphatic heterocycles. The zero-order valence-electron chi connectivity index (χ0n) is 32.0. The summed E-state index contributed by atoms with van der Waals surface area (Å²) in [5.41, 5.74) is 21.9. The summed E-state index contributed by atoms with van der Waals surface area (Å²) in [5, 5.41) is 5.02. The lowest BCUT2D eigenvalue weighted by atomic mass is 9.83. The van der Waals surface area contributed by atoms with Gasteiger partial charge in [-0.1, -0.05) is 115 Å². The Labute approximate surface area is 331 Å². The van der Waals surface area contributed by atoms with Crippen molar-refractivity contribution >= 4 is 39.7 Å². The maximum atomic E-state index is 6.74. The summed E-state index contributed by atoms with van der Waals surface area (Å²) >= 11 is 0. The van der Waals surface area contributed by atoms with Crippen LogP contribution in [0.15, 0.2) is 180 Å². The van der Waals surface area contributed by atoms with Gasteiger partial charge in [-0.2, -0.15) is 0 Å². The third-order valence-corrected chi connectivity index (χ3v) is 11.6. The van der Waals surface area contributed by atoms with E-state index in [0.29, 0.717) is 5.92 Å². The Morgan fingerprint density at radius 2 is 1.73 bits per heavy atom. The first-order valence-electron chi connectivity index (χ1n) is 20.2. The second kappa shape index (κ2) is 15.9. The van der Waals surface area contributed by atoms with Crippen LogP contribution < -0.4 is 16.0 Å². The second-order valence-corrected chi connectivity index (χ2v) is 15.4. The van der Waals surface area contributed by atoms with Crippen LogP contribution in [-0.4, -0.2) is 12.6 Å². The van der Waals surface area contributed by atoms with E-state index >= 15 is 0 Å². The van der Waals surface area contributed by atoms with Crippen molar-refractivity contribution in [1.82, 2.24) is 5.32 Å². The number of para-hydroxylation sites is 1. The fourth-order valence-corrected chi connectivity index (χ4v) is 8.62. The van der Waals surface area contributed by atoms with E-state index < -0.39 is 0 Å². The molecule has 3 aliphatic carbocycles. The topological polar surface area (TPSA) is 54.4 Å². The summed E-state index contributed by atoms with van der Waals surface area (Å²) in [6.07, 6.45) is 30.0. The standard InChI is InChI=1S/C52H49N3O/c1-36-30-43(40-19-12-14-37(31-40)35-54-49(39-17-6-3-7-18-39)34-48(53)38-15-4-2-5-16-38)28-29-55(50-24-10-8-22-45(36)50)44-21-13-20-41(32-44)42-26-27-52-47(33-42)46-23-9-11-25-51(46)56-52/h3-4,6-8,10-11,13,15-18,20-22,24-34,40,48,54H,1-2,5,9,12,14,19,23,35,53H2/b29-28-,43-30+,49-34-. The van der Waals surface area contributed by atoms with Gasteiger partial charge < -0.3 is 20.4 Å². The molecule has 56 heavy (non-hydrogen) atoms.